The van der Waals surface area contributed by atoms with E-state index in [0.717, 1.165) is 11.3 Å². The second-order valence-electron chi connectivity index (χ2n) is 4.97. The molecule has 0 atom stereocenters. The van der Waals surface area contributed by atoms with Gasteiger partial charge in [0, 0.05) is 0 Å². The number of aromatic amines is 1. The summed E-state index contributed by atoms with van der Waals surface area (Å²) in [5, 5.41) is 3.09. The van der Waals surface area contributed by atoms with Crippen LogP contribution in [0.5, 0.6) is 0 Å². The van der Waals surface area contributed by atoms with Gasteiger partial charge in [0.2, 0.25) is 0 Å². The highest BCUT2D eigenvalue weighted by atomic mass is 16.1. The van der Waals surface area contributed by atoms with Crippen LogP contribution in [0.2, 0.25) is 0 Å². The van der Waals surface area contributed by atoms with Gasteiger partial charge >= 0.3 is 0 Å². The predicted molar refractivity (Wildman–Crippen MR) is 73.8 cm³/mol. The third-order valence-corrected chi connectivity index (χ3v) is 3.06. The molecule has 0 aliphatic heterocycles. The Morgan fingerprint density at radius 2 is 1.89 bits per heavy atom. The van der Waals surface area contributed by atoms with Crippen LogP contribution in [0.4, 0.5) is 5.69 Å². The number of anilines is 1. The van der Waals surface area contributed by atoms with E-state index in [2.05, 4.69) is 5.10 Å². The van der Waals surface area contributed by atoms with Crippen molar-refractivity contribution in [3.8, 4) is 0 Å². The molecule has 0 saturated carbocycles. The topological polar surface area (TPSA) is 63.8 Å². The summed E-state index contributed by atoms with van der Waals surface area (Å²) in [7, 11) is 0. The lowest BCUT2D eigenvalue weighted by Gasteiger charge is -2.04. The molecular weight excluding hydrogens is 226 g/mol. The number of nitrogens with one attached hydrogen (secondary N) is 1. The lowest BCUT2D eigenvalue weighted by atomic mass is 10.1. The molecule has 0 radical (unpaired) electrons. The lowest BCUT2D eigenvalue weighted by molar-refractivity contribution is 0.640. The maximum atomic E-state index is 12.0. The van der Waals surface area contributed by atoms with Gasteiger partial charge in [-0.2, -0.15) is 0 Å². The molecule has 1 aromatic heterocycles. The highest BCUT2D eigenvalue weighted by Gasteiger charge is 2.13. The zero-order valence-corrected chi connectivity index (χ0v) is 11.0. The Balaban J connectivity index is 2.32. The maximum Gasteiger partial charge on any atom is 0.290 e. The van der Waals surface area contributed by atoms with E-state index < -0.39 is 0 Å². The number of aryl methyl sites for hydroxylation is 1. The number of benzene rings is 1. The van der Waals surface area contributed by atoms with Gasteiger partial charge in [-0.15, -0.1) is 0 Å². The van der Waals surface area contributed by atoms with E-state index in [4.69, 9.17) is 5.73 Å². The number of hydrogen-bond acceptors (Lipinski definition) is 2. The standard InChI is InChI=1S/C14H19N3O/c1-9(2)13-12(15)14(18)17(16-13)8-11-6-4-10(3)5-7-11/h4-7,9,16H,8,15H2,1-3H3. The van der Waals surface area contributed by atoms with Crippen LogP contribution >= 0.6 is 0 Å². The molecule has 0 unspecified atom stereocenters. The number of nitrogens with two attached hydrogens (primary N) is 1. The molecule has 0 amide bonds. The molecule has 0 aliphatic rings. The summed E-state index contributed by atoms with van der Waals surface area (Å²) < 4.78 is 1.56. The summed E-state index contributed by atoms with van der Waals surface area (Å²) in [6.45, 7) is 6.59. The zero-order valence-electron chi connectivity index (χ0n) is 11.0. The first-order valence-electron chi connectivity index (χ1n) is 6.12. The van der Waals surface area contributed by atoms with Gasteiger partial charge < -0.3 is 5.73 Å². The second kappa shape index (κ2) is 4.72. The zero-order chi connectivity index (χ0) is 13.3. The van der Waals surface area contributed by atoms with Crippen LogP contribution in [0.25, 0.3) is 0 Å². The first-order valence-corrected chi connectivity index (χ1v) is 6.12. The quantitative estimate of drug-likeness (QED) is 0.871. The van der Waals surface area contributed by atoms with Gasteiger partial charge in [0.05, 0.1) is 12.2 Å². The van der Waals surface area contributed by atoms with Gasteiger partial charge in [0.25, 0.3) is 5.56 Å². The minimum Gasteiger partial charge on any atom is -0.393 e. The Kier molecular flexibility index (Phi) is 3.28. The van der Waals surface area contributed by atoms with Crippen molar-refractivity contribution in [3.05, 3.63) is 51.4 Å². The molecule has 2 aromatic rings. The fourth-order valence-corrected chi connectivity index (χ4v) is 1.94. The van der Waals surface area contributed by atoms with E-state index in [-0.39, 0.29) is 11.5 Å². The summed E-state index contributed by atoms with van der Waals surface area (Å²) in [6, 6.07) is 8.12. The number of nitrogen functional groups attached to an aromatic ring is 1. The number of rotatable bonds is 3. The largest absolute Gasteiger partial charge is 0.393 e. The molecule has 0 spiro atoms. The summed E-state index contributed by atoms with van der Waals surface area (Å²) in [5.41, 5.74) is 9.11. The molecule has 18 heavy (non-hydrogen) atoms. The molecule has 0 saturated heterocycles. The fourth-order valence-electron chi connectivity index (χ4n) is 1.94. The van der Waals surface area contributed by atoms with E-state index in [9.17, 15) is 4.79 Å². The first kappa shape index (κ1) is 12.5. The van der Waals surface area contributed by atoms with Crippen molar-refractivity contribution in [1.29, 1.82) is 0 Å². The van der Waals surface area contributed by atoms with Gasteiger partial charge in [0.15, 0.2) is 0 Å². The normalized spacial score (nSPS) is 11.1. The van der Waals surface area contributed by atoms with Gasteiger partial charge in [-0.1, -0.05) is 43.7 Å². The third-order valence-electron chi connectivity index (χ3n) is 3.06. The van der Waals surface area contributed by atoms with E-state index in [1.165, 1.54) is 5.56 Å². The second-order valence-corrected chi connectivity index (χ2v) is 4.97. The molecule has 96 valence electrons. The third kappa shape index (κ3) is 2.32. The predicted octanol–water partition coefficient (Wildman–Crippen LogP) is 2.24. The van der Waals surface area contributed by atoms with Crippen LogP contribution in [0.1, 0.15) is 36.6 Å². The van der Waals surface area contributed by atoms with Crippen molar-refractivity contribution in [2.45, 2.75) is 33.2 Å². The number of H-pyrrole nitrogens is 1. The van der Waals surface area contributed by atoms with Crippen LogP contribution in [-0.4, -0.2) is 9.78 Å². The Bertz CT molecular complexity index is 590. The van der Waals surface area contributed by atoms with E-state index in [1.54, 1.807) is 4.68 Å². The SMILES string of the molecule is Cc1ccc(Cn2[nH]c(C(C)C)c(N)c2=O)cc1. The van der Waals surface area contributed by atoms with Crippen LogP contribution in [0.3, 0.4) is 0 Å². The van der Waals surface area contributed by atoms with Gasteiger partial charge in [-0.25, -0.2) is 4.68 Å². The van der Waals surface area contributed by atoms with Crippen LogP contribution < -0.4 is 11.3 Å². The Morgan fingerprint density at radius 1 is 1.28 bits per heavy atom. The molecule has 1 aromatic carbocycles. The van der Waals surface area contributed by atoms with Crippen molar-refractivity contribution in [2.75, 3.05) is 5.73 Å². The number of nitrogens with zero attached hydrogens (tertiary/aromatic N) is 1. The molecule has 0 fully saturated rings. The van der Waals surface area contributed by atoms with Crippen LogP contribution in [-0.2, 0) is 6.54 Å². The Labute approximate surface area is 106 Å². The summed E-state index contributed by atoms with van der Waals surface area (Å²) in [6.07, 6.45) is 0. The smallest absolute Gasteiger partial charge is 0.290 e. The molecule has 0 bridgehead atoms. The molecule has 3 N–H and O–H groups in total. The van der Waals surface area contributed by atoms with Crippen molar-refractivity contribution in [1.82, 2.24) is 9.78 Å². The molecule has 4 nitrogen and oxygen atoms in total. The molecule has 2 rings (SSSR count). The number of aromatic nitrogens is 2. The number of hydrogen-bond donors (Lipinski definition) is 2. The molecular formula is C14H19N3O. The first-order chi connectivity index (χ1) is 8.49. The average molecular weight is 245 g/mol. The maximum absolute atomic E-state index is 12.0. The van der Waals surface area contributed by atoms with E-state index in [0.29, 0.717) is 12.2 Å². The summed E-state index contributed by atoms with van der Waals surface area (Å²) in [5.74, 6) is 0.219. The van der Waals surface area contributed by atoms with E-state index in [1.807, 2.05) is 45.0 Å². The summed E-state index contributed by atoms with van der Waals surface area (Å²) in [4.78, 5) is 12.0. The van der Waals surface area contributed by atoms with Gasteiger partial charge in [-0.05, 0) is 18.4 Å². The van der Waals surface area contributed by atoms with Gasteiger partial charge in [-0.3, -0.25) is 9.89 Å². The monoisotopic (exact) mass is 245 g/mol. The van der Waals surface area contributed by atoms with Crippen molar-refractivity contribution >= 4 is 5.69 Å². The molecule has 0 aliphatic carbocycles. The highest BCUT2D eigenvalue weighted by molar-refractivity contribution is 5.42. The van der Waals surface area contributed by atoms with Crippen LogP contribution in [0.15, 0.2) is 29.1 Å². The van der Waals surface area contributed by atoms with E-state index >= 15 is 0 Å². The fraction of sp³-hybridized carbons (Fsp3) is 0.357. The van der Waals surface area contributed by atoms with Crippen molar-refractivity contribution < 1.29 is 0 Å². The minimum atomic E-state index is -0.140. The van der Waals surface area contributed by atoms with Crippen LogP contribution in [0, 0.1) is 6.92 Å². The summed E-state index contributed by atoms with van der Waals surface area (Å²) >= 11 is 0. The lowest BCUT2D eigenvalue weighted by Crippen LogP contribution is -2.19. The Hall–Kier alpha value is -1.97. The van der Waals surface area contributed by atoms with Gasteiger partial charge in [0.1, 0.15) is 5.69 Å². The molecule has 4 heteroatoms. The average Bonchev–Trinajstić information content (AvgIpc) is 2.60. The minimum absolute atomic E-state index is 0.140. The molecule has 1 heterocycles. The highest BCUT2D eigenvalue weighted by Crippen LogP contribution is 2.16. The Morgan fingerprint density at radius 3 is 2.39 bits per heavy atom. The van der Waals surface area contributed by atoms with Crippen molar-refractivity contribution in [3.63, 3.8) is 0 Å². The van der Waals surface area contributed by atoms with Crippen molar-refractivity contribution in [2.24, 2.45) is 0 Å².